The largest absolute Gasteiger partial charge is 0.496 e. The average molecular weight is 226 g/mol. The predicted molar refractivity (Wildman–Crippen MR) is 64.8 cm³/mol. The molecule has 0 saturated carbocycles. The fraction of sp³-hybridized carbons (Fsp3) is 0.500. The monoisotopic (exact) mass is 226 g/mol. The Bertz CT molecular complexity index is 353. The number of thioether (sulfide) groups is 1. The first kappa shape index (κ1) is 12.4. The van der Waals surface area contributed by atoms with Crippen molar-refractivity contribution in [3.8, 4) is 5.75 Å². The van der Waals surface area contributed by atoms with Gasteiger partial charge in [-0.15, -0.1) is 11.8 Å². The molecule has 3 heteroatoms. The first-order valence-electron chi connectivity index (χ1n) is 4.85. The number of hydrogen-bond donors (Lipinski definition) is 1. The van der Waals surface area contributed by atoms with Crippen molar-refractivity contribution in [1.29, 1.82) is 0 Å². The highest BCUT2D eigenvalue weighted by Gasteiger charge is 2.21. The van der Waals surface area contributed by atoms with E-state index in [9.17, 15) is 5.11 Å². The minimum Gasteiger partial charge on any atom is -0.496 e. The highest BCUT2D eigenvalue weighted by molar-refractivity contribution is 7.98. The molecule has 1 N–H and O–H groups in total. The van der Waals surface area contributed by atoms with E-state index >= 15 is 0 Å². The van der Waals surface area contributed by atoms with Crippen LogP contribution >= 0.6 is 11.8 Å². The van der Waals surface area contributed by atoms with Crippen LogP contribution in [0.1, 0.15) is 25.0 Å². The minimum atomic E-state index is -0.834. The minimum absolute atomic E-state index is 0.824. The second-order valence-corrected chi connectivity index (χ2v) is 4.93. The molecule has 0 aliphatic rings. The van der Waals surface area contributed by atoms with Crippen molar-refractivity contribution >= 4 is 11.8 Å². The number of methoxy groups -OCH3 is 1. The van der Waals surface area contributed by atoms with E-state index in [0.717, 1.165) is 21.8 Å². The van der Waals surface area contributed by atoms with Gasteiger partial charge in [-0.25, -0.2) is 0 Å². The summed E-state index contributed by atoms with van der Waals surface area (Å²) >= 11 is 1.64. The van der Waals surface area contributed by atoms with Gasteiger partial charge in [-0.2, -0.15) is 0 Å². The van der Waals surface area contributed by atoms with E-state index in [-0.39, 0.29) is 0 Å². The summed E-state index contributed by atoms with van der Waals surface area (Å²) in [7, 11) is 1.65. The molecule has 1 rings (SSSR count). The summed E-state index contributed by atoms with van der Waals surface area (Å²) in [5, 5.41) is 10.0. The third-order valence-corrected chi connectivity index (χ3v) is 3.15. The van der Waals surface area contributed by atoms with E-state index in [2.05, 4.69) is 6.07 Å². The predicted octanol–water partition coefficient (Wildman–Crippen LogP) is 2.95. The van der Waals surface area contributed by atoms with E-state index in [1.54, 1.807) is 32.7 Å². The van der Waals surface area contributed by atoms with Gasteiger partial charge in [0.25, 0.3) is 0 Å². The molecule has 0 bridgehead atoms. The van der Waals surface area contributed by atoms with Crippen molar-refractivity contribution in [1.82, 2.24) is 0 Å². The first-order chi connectivity index (χ1) is 6.90. The van der Waals surface area contributed by atoms with Gasteiger partial charge in [0, 0.05) is 10.5 Å². The van der Waals surface area contributed by atoms with Crippen molar-refractivity contribution in [3.63, 3.8) is 0 Å². The molecule has 0 unspecified atom stereocenters. The molecule has 0 radical (unpaired) electrons. The zero-order valence-corrected chi connectivity index (χ0v) is 10.7. The molecule has 15 heavy (non-hydrogen) atoms. The summed E-state index contributed by atoms with van der Waals surface area (Å²) in [6.07, 6.45) is 2.01. The van der Waals surface area contributed by atoms with Crippen molar-refractivity contribution in [2.75, 3.05) is 13.4 Å². The standard InChI is InChI=1S/C12H18O2S/c1-8-6-11(15-5)9(12(2,3)13)7-10(8)14-4/h6-7,13H,1-5H3. The summed E-state index contributed by atoms with van der Waals surface area (Å²) in [4.78, 5) is 1.10. The average Bonchev–Trinajstić information content (AvgIpc) is 2.15. The van der Waals surface area contributed by atoms with Gasteiger partial charge in [0.15, 0.2) is 0 Å². The normalized spacial score (nSPS) is 11.6. The molecule has 0 aliphatic heterocycles. The van der Waals surface area contributed by atoms with Gasteiger partial charge in [0.05, 0.1) is 12.7 Å². The molecule has 0 spiro atoms. The van der Waals surface area contributed by atoms with Crippen LogP contribution in [0.5, 0.6) is 5.75 Å². The Hall–Kier alpha value is -0.670. The molecule has 2 nitrogen and oxygen atoms in total. The molecule has 84 valence electrons. The van der Waals surface area contributed by atoms with Crippen LogP contribution in [0.3, 0.4) is 0 Å². The van der Waals surface area contributed by atoms with Crippen LogP contribution in [-0.4, -0.2) is 18.5 Å². The van der Waals surface area contributed by atoms with Crippen LogP contribution in [0.2, 0.25) is 0 Å². The lowest BCUT2D eigenvalue weighted by molar-refractivity contribution is 0.0755. The zero-order chi connectivity index (χ0) is 11.6. The number of aryl methyl sites for hydroxylation is 1. The topological polar surface area (TPSA) is 29.5 Å². The van der Waals surface area contributed by atoms with Gasteiger partial charge < -0.3 is 9.84 Å². The highest BCUT2D eigenvalue weighted by Crippen LogP contribution is 2.34. The number of aliphatic hydroxyl groups is 1. The third-order valence-electron chi connectivity index (χ3n) is 2.38. The van der Waals surface area contributed by atoms with E-state index in [4.69, 9.17) is 4.74 Å². The second-order valence-electron chi connectivity index (χ2n) is 4.08. The smallest absolute Gasteiger partial charge is 0.122 e. The lowest BCUT2D eigenvalue weighted by atomic mass is 9.97. The molecule has 1 aromatic rings. The Morgan fingerprint density at radius 3 is 2.33 bits per heavy atom. The van der Waals surface area contributed by atoms with E-state index in [1.165, 1.54) is 0 Å². The van der Waals surface area contributed by atoms with Crippen molar-refractivity contribution < 1.29 is 9.84 Å². The lowest BCUT2D eigenvalue weighted by Crippen LogP contribution is -2.17. The van der Waals surface area contributed by atoms with E-state index in [0.29, 0.717) is 0 Å². The van der Waals surface area contributed by atoms with Gasteiger partial charge >= 0.3 is 0 Å². The van der Waals surface area contributed by atoms with E-state index in [1.807, 2.05) is 19.2 Å². The molecule has 1 aromatic carbocycles. The maximum absolute atomic E-state index is 10.0. The van der Waals surface area contributed by atoms with Crippen LogP contribution in [0.15, 0.2) is 17.0 Å². The molecule has 0 saturated heterocycles. The summed E-state index contributed by atoms with van der Waals surface area (Å²) in [6.45, 7) is 5.58. The Morgan fingerprint density at radius 2 is 1.93 bits per heavy atom. The summed E-state index contributed by atoms with van der Waals surface area (Å²) in [5.74, 6) is 0.824. The van der Waals surface area contributed by atoms with Crippen LogP contribution in [-0.2, 0) is 5.60 Å². The lowest BCUT2D eigenvalue weighted by Gasteiger charge is -2.22. The van der Waals surface area contributed by atoms with Crippen LogP contribution in [0, 0.1) is 6.92 Å². The quantitative estimate of drug-likeness (QED) is 0.804. The molecular formula is C12H18O2S. The summed E-state index contributed by atoms with van der Waals surface area (Å²) < 4.78 is 5.26. The molecule has 0 aliphatic carbocycles. The van der Waals surface area contributed by atoms with Gasteiger partial charge in [-0.3, -0.25) is 0 Å². The Balaban J connectivity index is 3.36. The summed E-state index contributed by atoms with van der Waals surface area (Å²) in [6, 6.07) is 3.97. The van der Waals surface area contributed by atoms with Crippen LogP contribution in [0.25, 0.3) is 0 Å². The Morgan fingerprint density at radius 1 is 1.33 bits per heavy atom. The second kappa shape index (κ2) is 4.45. The molecule has 0 atom stereocenters. The molecule has 0 fully saturated rings. The fourth-order valence-electron chi connectivity index (χ4n) is 1.53. The molecular weight excluding hydrogens is 208 g/mol. The molecule has 0 heterocycles. The molecule has 0 amide bonds. The maximum Gasteiger partial charge on any atom is 0.122 e. The Labute approximate surface area is 95.7 Å². The van der Waals surface area contributed by atoms with Gasteiger partial charge in [0.2, 0.25) is 0 Å². The zero-order valence-electron chi connectivity index (χ0n) is 9.92. The van der Waals surface area contributed by atoms with Crippen LogP contribution in [0.4, 0.5) is 0 Å². The third kappa shape index (κ3) is 2.67. The maximum atomic E-state index is 10.0. The first-order valence-corrected chi connectivity index (χ1v) is 6.08. The summed E-state index contributed by atoms with van der Waals surface area (Å²) in [5.41, 5.74) is 1.17. The highest BCUT2D eigenvalue weighted by atomic mass is 32.2. The number of benzene rings is 1. The van der Waals surface area contributed by atoms with Crippen molar-refractivity contribution in [2.24, 2.45) is 0 Å². The van der Waals surface area contributed by atoms with E-state index < -0.39 is 5.60 Å². The fourth-order valence-corrected chi connectivity index (χ4v) is 2.35. The molecule has 0 aromatic heterocycles. The Kier molecular flexibility index (Phi) is 3.68. The number of hydrogen-bond acceptors (Lipinski definition) is 3. The van der Waals surface area contributed by atoms with Gasteiger partial charge in [-0.1, -0.05) is 0 Å². The SMILES string of the molecule is COc1cc(C(C)(C)O)c(SC)cc1C. The van der Waals surface area contributed by atoms with Crippen LogP contribution < -0.4 is 4.74 Å². The number of rotatable bonds is 3. The number of ether oxygens (including phenoxy) is 1. The van der Waals surface area contributed by atoms with Gasteiger partial charge in [-0.05, 0) is 44.7 Å². The van der Waals surface area contributed by atoms with Crippen molar-refractivity contribution in [2.45, 2.75) is 31.3 Å². The van der Waals surface area contributed by atoms with Crippen molar-refractivity contribution in [3.05, 3.63) is 23.3 Å². The van der Waals surface area contributed by atoms with Gasteiger partial charge in [0.1, 0.15) is 5.75 Å².